The summed E-state index contributed by atoms with van der Waals surface area (Å²) in [6.07, 6.45) is 0.874. The highest BCUT2D eigenvalue weighted by atomic mass is 16.5. The van der Waals surface area contributed by atoms with Crippen molar-refractivity contribution >= 4 is 11.6 Å². The first-order chi connectivity index (χ1) is 16.6. The molecule has 2 aliphatic rings. The van der Waals surface area contributed by atoms with Gasteiger partial charge in [0.2, 0.25) is 0 Å². The molecule has 2 aromatic carbocycles. The third kappa shape index (κ3) is 4.46. The van der Waals surface area contributed by atoms with Crippen LogP contribution in [0.3, 0.4) is 0 Å². The van der Waals surface area contributed by atoms with Crippen molar-refractivity contribution in [2.45, 2.75) is 20.0 Å². The smallest absolute Gasteiger partial charge is 0.273 e. The number of nitrogens with one attached hydrogen (secondary N) is 1. The third-order valence-electron chi connectivity index (χ3n) is 6.49. The van der Waals surface area contributed by atoms with Gasteiger partial charge in [-0.15, -0.1) is 0 Å². The fourth-order valence-corrected chi connectivity index (χ4v) is 4.62. The number of nitrogens with zero attached hydrogens (tertiary/aromatic N) is 3. The van der Waals surface area contributed by atoms with E-state index in [0.29, 0.717) is 23.6 Å². The number of ether oxygens (including phenoxy) is 2. The topological polar surface area (TPSA) is 80.1 Å². The van der Waals surface area contributed by atoms with Gasteiger partial charge in [0.25, 0.3) is 5.91 Å². The number of hydrogen-bond acceptors (Lipinski definition) is 7. The normalized spacial score (nSPS) is 15.3. The van der Waals surface area contributed by atoms with Crippen LogP contribution in [0, 0.1) is 6.92 Å². The van der Waals surface area contributed by atoms with E-state index in [2.05, 4.69) is 26.3 Å². The van der Waals surface area contributed by atoms with Crippen molar-refractivity contribution in [1.29, 1.82) is 0 Å². The minimum atomic E-state index is -0.217. The Balaban J connectivity index is 1.10. The van der Waals surface area contributed by atoms with Crippen molar-refractivity contribution in [2.75, 3.05) is 51.3 Å². The number of rotatable bonds is 7. The number of para-hydroxylation sites is 2. The van der Waals surface area contributed by atoms with E-state index in [4.69, 9.17) is 14.0 Å². The van der Waals surface area contributed by atoms with Gasteiger partial charge in [-0.3, -0.25) is 9.69 Å². The molecule has 3 aromatic rings. The van der Waals surface area contributed by atoms with Crippen LogP contribution in [0.1, 0.15) is 28.0 Å². The van der Waals surface area contributed by atoms with Gasteiger partial charge >= 0.3 is 0 Å². The Bertz CT molecular complexity index is 1170. The molecule has 2 aliphatic heterocycles. The summed E-state index contributed by atoms with van der Waals surface area (Å²) in [5.74, 6) is 2.08. The summed E-state index contributed by atoms with van der Waals surface area (Å²) in [6.45, 7) is 7.71. The molecule has 0 saturated carbocycles. The molecule has 1 aromatic heterocycles. The van der Waals surface area contributed by atoms with Gasteiger partial charge in [-0.05, 0) is 44.2 Å². The van der Waals surface area contributed by atoms with Gasteiger partial charge in [0.05, 0.1) is 23.9 Å². The maximum Gasteiger partial charge on any atom is 0.273 e. The van der Waals surface area contributed by atoms with E-state index in [1.54, 1.807) is 7.11 Å². The Morgan fingerprint density at radius 2 is 1.97 bits per heavy atom. The molecule has 0 atom stereocenters. The van der Waals surface area contributed by atoms with Crippen LogP contribution in [0.5, 0.6) is 11.5 Å². The predicted octanol–water partition coefficient (Wildman–Crippen LogP) is 3.49. The summed E-state index contributed by atoms with van der Waals surface area (Å²) in [6, 6.07) is 14.1. The molecule has 34 heavy (non-hydrogen) atoms. The van der Waals surface area contributed by atoms with E-state index in [-0.39, 0.29) is 12.5 Å². The number of carbonyl (C=O) groups excluding carboxylic acids is 1. The van der Waals surface area contributed by atoms with E-state index in [0.717, 1.165) is 67.5 Å². The van der Waals surface area contributed by atoms with Gasteiger partial charge < -0.3 is 24.2 Å². The Labute approximate surface area is 199 Å². The fraction of sp³-hybridized carbons (Fsp3) is 0.385. The molecule has 1 saturated heterocycles. The molecule has 0 unspecified atom stereocenters. The van der Waals surface area contributed by atoms with Crippen molar-refractivity contribution in [3.63, 3.8) is 0 Å². The molecule has 0 bridgehead atoms. The largest absolute Gasteiger partial charge is 0.495 e. The summed E-state index contributed by atoms with van der Waals surface area (Å²) >= 11 is 0. The summed E-state index contributed by atoms with van der Waals surface area (Å²) in [4.78, 5) is 17.5. The van der Waals surface area contributed by atoms with Gasteiger partial charge in [-0.2, -0.15) is 0 Å². The molecule has 0 aliphatic carbocycles. The van der Waals surface area contributed by atoms with Crippen LogP contribution in [0.15, 0.2) is 47.0 Å². The molecule has 5 rings (SSSR count). The second-order valence-electron chi connectivity index (χ2n) is 8.74. The lowest BCUT2D eigenvalue weighted by Gasteiger charge is -2.36. The van der Waals surface area contributed by atoms with Crippen LogP contribution in [0.4, 0.5) is 5.69 Å². The molecule has 8 nitrogen and oxygen atoms in total. The van der Waals surface area contributed by atoms with E-state index in [1.165, 1.54) is 0 Å². The van der Waals surface area contributed by atoms with Gasteiger partial charge in [-0.25, -0.2) is 0 Å². The first-order valence-corrected chi connectivity index (χ1v) is 11.7. The number of amides is 1. The molecule has 1 fully saturated rings. The standard InChI is InChI=1S/C26H30N4O4/c1-18-8-9-22-19(16-18)25-20(17-33-22)24(28-34-25)26(31)27-10-5-11-29-12-14-30(15-13-29)21-6-3-4-7-23(21)32-2/h3-4,6-9,16H,5,10-15,17H2,1-2H3,(H,27,31). The molecular weight excluding hydrogens is 432 g/mol. The average molecular weight is 463 g/mol. The molecule has 1 N–H and O–H groups in total. The van der Waals surface area contributed by atoms with E-state index in [9.17, 15) is 4.79 Å². The van der Waals surface area contributed by atoms with Crippen LogP contribution in [-0.2, 0) is 6.61 Å². The van der Waals surface area contributed by atoms with Crippen LogP contribution >= 0.6 is 0 Å². The number of hydrogen-bond donors (Lipinski definition) is 1. The molecule has 1 amide bonds. The van der Waals surface area contributed by atoms with Crippen LogP contribution in [0.2, 0.25) is 0 Å². The fourth-order valence-electron chi connectivity index (χ4n) is 4.62. The van der Waals surface area contributed by atoms with Gasteiger partial charge in [0.15, 0.2) is 11.5 Å². The monoisotopic (exact) mass is 462 g/mol. The summed E-state index contributed by atoms with van der Waals surface area (Å²) < 4.78 is 16.9. The number of aromatic nitrogens is 1. The lowest BCUT2D eigenvalue weighted by Crippen LogP contribution is -2.47. The summed E-state index contributed by atoms with van der Waals surface area (Å²) in [5.41, 5.74) is 4.12. The first kappa shape index (κ1) is 22.3. The molecule has 0 spiro atoms. The quantitative estimate of drug-likeness (QED) is 0.539. The van der Waals surface area contributed by atoms with Crippen molar-refractivity contribution in [3.8, 4) is 22.8 Å². The minimum Gasteiger partial charge on any atom is -0.495 e. The second kappa shape index (κ2) is 9.77. The van der Waals surface area contributed by atoms with Crippen LogP contribution in [-0.4, -0.2) is 62.3 Å². The maximum atomic E-state index is 12.7. The van der Waals surface area contributed by atoms with E-state index >= 15 is 0 Å². The van der Waals surface area contributed by atoms with Crippen molar-refractivity contribution < 1.29 is 18.8 Å². The van der Waals surface area contributed by atoms with Gasteiger partial charge in [-0.1, -0.05) is 28.9 Å². The third-order valence-corrected chi connectivity index (χ3v) is 6.49. The van der Waals surface area contributed by atoms with Crippen LogP contribution in [0.25, 0.3) is 11.3 Å². The van der Waals surface area contributed by atoms with E-state index < -0.39 is 0 Å². The highest BCUT2D eigenvalue weighted by Gasteiger charge is 2.29. The second-order valence-corrected chi connectivity index (χ2v) is 8.74. The number of carbonyl (C=O) groups is 1. The Hall–Kier alpha value is -3.52. The highest BCUT2D eigenvalue weighted by molar-refractivity contribution is 5.95. The number of fused-ring (bicyclic) bond motifs is 3. The number of aryl methyl sites for hydroxylation is 1. The number of benzene rings is 2. The lowest BCUT2D eigenvalue weighted by molar-refractivity contribution is 0.0940. The average Bonchev–Trinajstić information content (AvgIpc) is 3.32. The molecular formula is C26H30N4O4. The molecule has 8 heteroatoms. The SMILES string of the molecule is COc1ccccc1N1CCN(CCCNC(=O)c2noc3c2COc2ccc(C)cc2-3)CC1. The highest BCUT2D eigenvalue weighted by Crippen LogP contribution is 2.39. The van der Waals surface area contributed by atoms with Crippen molar-refractivity contribution in [2.24, 2.45) is 0 Å². The molecule has 3 heterocycles. The van der Waals surface area contributed by atoms with Gasteiger partial charge in [0.1, 0.15) is 18.1 Å². The minimum absolute atomic E-state index is 0.217. The number of methoxy groups -OCH3 is 1. The number of anilines is 1. The summed E-state index contributed by atoms with van der Waals surface area (Å²) in [7, 11) is 1.71. The zero-order valence-electron chi connectivity index (χ0n) is 19.7. The van der Waals surface area contributed by atoms with E-state index in [1.807, 2.05) is 43.3 Å². The first-order valence-electron chi connectivity index (χ1n) is 11.7. The van der Waals surface area contributed by atoms with Crippen molar-refractivity contribution in [1.82, 2.24) is 15.4 Å². The number of piperazine rings is 1. The predicted molar refractivity (Wildman–Crippen MR) is 130 cm³/mol. The zero-order valence-corrected chi connectivity index (χ0v) is 19.7. The Morgan fingerprint density at radius 3 is 2.79 bits per heavy atom. The maximum absolute atomic E-state index is 12.7. The Morgan fingerprint density at radius 1 is 1.15 bits per heavy atom. The molecule has 0 radical (unpaired) electrons. The van der Waals surface area contributed by atoms with Gasteiger partial charge in [0, 0.05) is 32.7 Å². The zero-order chi connectivity index (χ0) is 23.5. The van der Waals surface area contributed by atoms with Crippen molar-refractivity contribution in [3.05, 3.63) is 59.3 Å². The summed E-state index contributed by atoms with van der Waals surface area (Å²) in [5, 5.41) is 7.04. The Kier molecular flexibility index (Phi) is 6.40. The van der Waals surface area contributed by atoms with Crippen LogP contribution < -0.4 is 19.7 Å². The molecule has 178 valence electrons. The lowest BCUT2D eigenvalue weighted by atomic mass is 10.0.